The lowest BCUT2D eigenvalue weighted by molar-refractivity contribution is -0.113. The molecule has 158 valence electrons. The first-order chi connectivity index (χ1) is 15.0. The molecule has 0 aliphatic carbocycles. The van der Waals surface area contributed by atoms with Gasteiger partial charge in [-0.15, -0.1) is 11.3 Å². The van der Waals surface area contributed by atoms with Crippen LogP contribution in [0.4, 0.5) is 5.69 Å². The summed E-state index contributed by atoms with van der Waals surface area (Å²) in [4.78, 5) is 33.0. The number of hydrogen-bond acceptors (Lipinski definition) is 6. The second-order valence-corrected chi connectivity index (χ2v) is 8.92. The first-order valence-electron chi connectivity index (χ1n) is 9.76. The highest BCUT2D eigenvalue weighted by atomic mass is 32.2. The van der Waals surface area contributed by atoms with Gasteiger partial charge in [0.25, 0.3) is 5.56 Å². The van der Waals surface area contributed by atoms with Crippen molar-refractivity contribution in [3.8, 4) is 16.9 Å². The number of carbonyl (C=O) groups is 1. The van der Waals surface area contributed by atoms with Crippen molar-refractivity contribution < 1.29 is 9.53 Å². The Morgan fingerprint density at radius 3 is 2.61 bits per heavy atom. The predicted octanol–water partition coefficient (Wildman–Crippen LogP) is 5.17. The number of aromatic nitrogens is 2. The number of rotatable bonds is 7. The molecule has 8 heteroatoms. The number of fused-ring (bicyclic) bond motifs is 1. The zero-order valence-electron chi connectivity index (χ0n) is 17.0. The lowest BCUT2D eigenvalue weighted by atomic mass is 10.1. The number of amides is 1. The van der Waals surface area contributed by atoms with Gasteiger partial charge >= 0.3 is 0 Å². The van der Waals surface area contributed by atoms with E-state index in [0.717, 1.165) is 16.9 Å². The van der Waals surface area contributed by atoms with E-state index in [4.69, 9.17) is 4.74 Å². The van der Waals surface area contributed by atoms with Crippen molar-refractivity contribution in [3.63, 3.8) is 0 Å². The predicted molar refractivity (Wildman–Crippen MR) is 127 cm³/mol. The number of anilines is 1. The van der Waals surface area contributed by atoms with Gasteiger partial charge in [0.2, 0.25) is 5.91 Å². The smallest absolute Gasteiger partial charge is 0.260 e. The van der Waals surface area contributed by atoms with Crippen molar-refractivity contribution in [2.24, 2.45) is 0 Å². The van der Waals surface area contributed by atoms with Crippen molar-refractivity contribution in [2.45, 2.75) is 25.1 Å². The summed E-state index contributed by atoms with van der Waals surface area (Å²) in [7, 11) is 0. The standard InChI is InChI=1S/C23H21N3O3S2/c1-14(2)29-17-10-8-16(9-11-17)24-19(27)13-31-23-25-21(28)20-18(12-30-22(20)26-23)15-6-4-3-5-7-15/h3-12,14H,13H2,1-2H3,(H,24,27)(H,25,26,28). The normalized spacial score (nSPS) is 11.1. The first-order valence-corrected chi connectivity index (χ1v) is 11.6. The van der Waals surface area contributed by atoms with Gasteiger partial charge < -0.3 is 15.0 Å². The van der Waals surface area contributed by atoms with Gasteiger partial charge in [-0.3, -0.25) is 9.59 Å². The molecule has 4 rings (SSSR count). The van der Waals surface area contributed by atoms with Crippen LogP contribution in [0.3, 0.4) is 0 Å². The Bertz CT molecular complexity index is 1250. The summed E-state index contributed by atoms with van der Waals surface area (Å²) in [5.41, 5.74) is 2.33. The summed E-state index contributed by atoms with van der Waals surface area (Å²) in [6.07, 6.45) is 0.0935. The quantitative estimate of drug-likeness (QED) is 0.299. The number of benzene rings is 2. The molecule has 0 spiro atoms. The maximum atomic E-state index is 12.7. The molecular weight excluding hydrogens is 430 g/mol. The van der Waals surface area contributed by atoms with Gasteiger partial charge in [0.15, 0.2) is 5.16 Å². The summed E-state index contributed by atoms with van der Waals surface area (Å²) in [5.74, 6) is 0.708. The Labute approximate surface area is 187 Å². The van der Waals surface area contributed by atoms with Gasteiger partial charge in [-0.05, 0) is 43.7 Å². The molecule has 0 saturated carbocycles. The Morgan fingerprint density at radius 2 is 1.90 bits per heavy atom. The zero-order valence-corrected chi connectivity index (χ0v) is 18.7. The molecule has 0 atom stereocenters. The van der Waals surface area contributed by atoms with Crippen LogP contribution in [0.5, 0.6) is 5.75 Å². The molecule has 0 saturated heterocycles. The summed E-state index contributed by atoms with van der Waals surface area (Å²) in [6.45, 7) is 3.92. The summed E-state index contributed by atoms with van der Waals surface area (Å²) < 4.78 is 5.60. The number of ether oxygens (including phenoxy) is 1. The van der Waals surface area contributed by atoms with Crippen LogP contribution in [-0.4, -0.2) is 27.7 Å². The second-order valence-electron chi connectivity index (χ2n) is 7.09. The Balaban J connectivity index is 1.42. The maximum absolute atomic E-state index is 12.7. The minimum Gasteiger partial charge on any atom is -0.491 e. The van der Waals surface area contributed by atoms with E-state index in [-0.39, 0.29) is 23.3 Å². The third-order valence-corrected chi connectivity index (χ3v) is 6.10. The van der Waals surface area contributed by atoms with Crippen molar-refractivity contribution in [1.82, 2.24) is 9.97 Å². The fraction of sp³-hybridized carbons (Fsp3) is 0.174. The Hall–Kier alpha value is -3.10. The molecule has 0 aliphatic rings. The van der Waals surface area contributed by atoms with Crippen LogP contribution in [0, 0.1) is 0 Å². The van der Waals surface area contributed by atoms with E-state index in [1.165, 1.54) is 23.1 Å². The largest absolute Gasteiger partial charge is 0.491 e. The van der Waals surface area contributed by atoms with Crippen LogP contribution in [-0.2, 0) is 4.79 Å². The third kappa shape index (κ3) is 5.15. The first kappa shape index (κ1) is 21.1. The van der Waals surface area contributed by atoms with Crippen molar-refractivity contribution in [1.29, 1.82) is 0 Å². The van der Waals surface area contributed by atoms with E-state index in [0.29, 0.717) is 21.1 Å². The van der Waals surface area contributed by atoms with Crippen LogP contribution in [0.15, 0.2) is 69.9 Å². The molecular formula is C23H21N3O3S2. The molecule has 0 unspecified atom stereocenters. The molecule has 0 aliphatic heterocycles. The number of thioether (sulfide) groups is 1. The summed E-state index contributed by atoms with van der Waals surface area (Å²) in [5, 5.41) is 5.78. The number of H-pyrrole nitrogens is 1. The van der Waals surface area contributed by atoms with Gasteiger partial charge in [-0.25, -0.2) is 4.98 Å². The second kappa shape index (κ2) is 9.36. The van der Waals surface area contributed by atoms with Crippen molar-refractivity contribution in [3.05, 3.63) is 70.3 Å². The van der Waals surface area contributed by atoms with Gasteiger partial charge in [0.05, 0.1) is 17.2 Å². The monoisotopic (exact) mass is 451 g/mol. The van der Waals surface area contributed by atoms with Gasteiger partial charge in [0.1, 0.15) is 10.6 Å². The molecule has 2 aromatic heterocycles. The average molecular weight is 452 g/mol. The summed E-state index contributed by atoms with van der Waals surface area (Å²) >= 11 is 2.62. The zero-order chi connectivity index (χ0) is 21.8. The van der Waals surface area contributed by atoms with Crippen LogP contribution < -0.4 is 15.6 Å². The fourth-order valence-electron chi connectivity index (χ4n) is 3.05. The highest BCUT2D eigenvalue weighted by Gasteiger charge is 2.14. The molecule has 0 fully saturated rings. The number of thiophene rings is 1. The van der Waals surface area contributed by atoms with E-state index in [2.05, 4.69) is 15.3 Å². The van der Waals surface area contributed by atoms with Crippen LogP contribution >= 0.6 is 23.1 Å². The molecule has 1 amide bonds. The van der Waals surface area contributed by atoms with E-state index in [9.17, 15) is 9.59 Å². The molecule has 2 N–H and O–H groups in total. The molecule has 6 nitrogen and oxygen atoms in total. The van der Waals surface area contributed by atoms with Gasteiger partial charge in [0, 0.05) is 16.6 Å². The highest BCUT2D eigenvalue weighted by molar-refractivity contribution is 7.99. The van der Waals surface area contributed by atoms with E-state index < -0.39 is 0 Å². The van der Waals surface area contributed by atoms with E-state index >= 15 is 0 Å². The van der Waals surface area contributed by atoms with Crippen molar-refractivity contribution in [2.75, 3.05) is 11.1 Å². The molecule has 31 heavy (non-hydrogen) atoms. The Morgan fingerprint density at radius 1 is 1.16 bits per heavy atom. The van der Waals surface area contributed by atoms with Gasteiger partial charge in [-0.2, -0.15) is 0 Å². The lowest BCUT2D eigenvalue weighted by Crippen LogP contribution is -2.15. The third-order valence-electron chi connectivity index (χ3n) is 4.36. The van der Waals surface area contributed by atoms with E-state index in [1.807, 2.05) is 61.7 Å². The fourth-order valence-corrected chi connectivity index (χ4v) is 4.71. The highest BCUT2D eigenvalue weighted by Crippen LogP contribution is 2.31. The number of nitrogens with one attached hydrogen (secondary N) is 2. The van der Waals surface area contributed by atoms with Crippen molar-refractivity contribution >= 4 is 44.9 Å². The van der Waals surface area contributed by atoms with Crippen LogP contribution in [0.1, 0.15) is 13.8 Å². The summed E-state index contributed by atoms with van der Waals surface area (Å²) in [6, 6.07) is 17.0. The number of aromatic amines is 1. The van der Waals surface area contributed by atoms with Crippen LogP contribution in [0.25, 0.3) is 21.3 Å². The number of hydrogen-bond donors (Lipinski definition) is 2. The molecule has 0 radical (unpaired) electrons. The molecule has 2 aromatic carbocycles. The topological polar surface area (TPSA) is 84.1 Å². The molecule has 0 bridgehead atoms. The Kier molecular flexibility index (Phi) is 6.39. The minimum atomic E-state index is -0.200. The molecule has 2 heterocycles. The minimum absolute atomic E-state index is 0.0935. The SMILES string of the molecule is CC(C)Oc1ccc(NC(=O)CSc2nc3scc(-c4ccccc4)c3c(=O)[nH]2)cc1. The lowest BCUT2D eigenvalue weighted by Gasteiger charge is -2.10. The van der Waals surface area contributed by atoms with E-state index in [1.54, 1.807) is 12.1 Å². The molecule has 4 aromatic rings. The maximum Gasteiger partial charge on any atom is 0.260 e. The average Bonchev–Trinajstić information content (AvgIpc) is 3.19. The van der Waals surface area contributed by atoms with Crippen LogP contribution in [0.2, 0.25) is 0 Å². The van der Waals surface area contributed by atoms with Gasteiger partial charge in [-0.1, -0.05) is 42.1 Å². The number of carbonyl (C=O) groups excluding carboxylic acids is 1. The number of nitrogens with zero attached hydrogens (tertiary/aromatic N) is 1.